The van der Waals surface area contributed by atoms with Gasteiger partial charge in [-0.3, -0.25) is 4.57 Å². The van der Waals surface area contributed by atoms with Crippen molar-refractivity contribution >= 4 is 29.0 Å². The maximum absolute atomic E-state index is 11.7. The van der Waals surface area contributed by atoms with Crippen LogP contribution < -0.4 is 5.32 Å². The SMILES string of the molecule is [N-]=[N+]=Nc1cc(NC(=O)n2ccnc2)ccc1Cl. The average Bonchev–Trinajstić information content (AvgIpc) is 2.87. The van der Waals surface area contributed by atoms with E-state index in [0.29, 0.717) is 10.7 Å². The zero-order valence-electron chi connectivity index (χ0n) is 8.99. The van der Waals surface area contributed by atoms with Gasteiger partial charge in [0.1, 0.15) is 6.33 Å². The van der Waals surface area contributed by atoms with E-state index in [0.717, 1.165) is 0 Å². The number of nitrogens with one attached hydrogen (secondary N) is 1. The largest absolute Gasteiger partial charge is 0.331 e. The molecule has 0 saturated carbocycles. The fourth-order valence-corrected chi connectivity index (χ4v) is 1.44. The smallest absolute Gasteiger partial charge is 0.307 e. The van der Waals surface area contributed by atoms with Crippen LogP contribution in [0.5, 0.6) is 0 Å². The van der Waals surface area contributed by atoms with Crippen LogP contribution in [0.4, 0.5) is 16.2 Å². The van der Waals surface area contributed by atoms with Gasteiger partial charge in [-0.1, -0.05) is 16.7 Å². The van der Waals surface area contributed by atoms with E-state index in [2.05, 4.69) is 20.3 Å². The Labute approximate surface area is 107 Å². The second kappa shape index (κ2) is 5.22. The third kappa shape index (κ3) is 2.60. The molecule has 7 nitrogen and oxygen atoms in total. The predicted octanol–water partition coefficient (Wildman–Crippen LogP) is 3.56. The normalized spacial score (nSPS) is 9.61. The Morgan fingerprint density at radius 2 is 2.39 bits per heavy atom. The Morgan fingerprint density at radius 3 is 3.06 bits per heavy atom. The van der Waals surface area contributed by atoms with Crippen molar-refractivity contribution in [2.45, 2.75) is 0 Å². The fraction of sp³-hybridized carbons (Fsp3) is 0. The Balaban J connectivity index is 2.22. The van der Waals surface area contributed by atoms with Gasteiger partial charge in [0.15, 0.2) is 0 Å². The van der Waals surface area contributed by atoms with Crippen LogP contribution in [0.3, 0.4) is 0 Å². The van der Waals surface area contributed by atoms with E-state index in [1.165, 1.54) is 35.4 Å². The summed E-state index contributed by atoms with van der Waals surface area (Å²) in [6.07, 6.45) is 4.38. The van der Waals surface area contributed by atoms with E-state index < -0.39 is 0 Å². The highest BCUT2D eigenvalue weighted by molar-refractivity contribution is 6.33. The number of halogens is 1. The molecule has 0 radical (unpaired) electrons. The highest BCUT2D eigenvalue weighted by Crippen LogP contribution is 2.28. The van der Waals surface area contributed by atoms with Crippen LogP contribution in [0.15, 0.2) is 42.0 Å². The third-order valence-electron chi connectivity index (χ3n) is 2.09. The summed E-state index contributed by atoms with van der Waals surface area (Å²) in [5.74, 6) is 0. The third-order valence-corrected chi connectivity index (χ3v) is 2.41. The first kappa shape index (κ1) is 12.0. The molecule has 1 heterocycles. The van der Waals surface area contributed by atoms with Gasteiger partial charge in [-0.15, -0.1) is 0 Å². The molecule has 90 valence electrons. The van der Waals surface area contributed by atoms with E-state index in [9.17, 15) is 4.79 Å². The van der Waals surface area contributed by atoms with E-state index in [4.69, 9.17) is 17.1 Å². The van der Waals surface area contributed by atoms with Gasteiger partial charge < -0.3 is 5.32 Å². The Kier molecular flexibility index (Phi) is 3.47. The Morgan fingerprint density at radius 1 is 1.56 bits per heavy atom. The summed E-state index contributed by atoms with van der Waals surface area (Å²) in [6, 6.07) is 4.25. The van der Waals surface area contributed by atoms with E-state index >= 15 is 0 Å². The van der Waals surface area contributed by atoms with Crippen LogP contribution in [0.2, 0.25) is 5.02 Å². The summed E-state index contributed by atoms with van der Waals surface area (Å²) in [4.78, 5) is 18.1. The molecule has 18 heavy (non-hydrogen) atoms. The molecule has 2 aromatic rings. The lowest BCUT2D eigenvalue weighted by Crippen LogP contribution is -2.17. The molecule has 0 unspecified atom stereocenters. The molecule has 0 aliphatic heterocycles. The second-order valence-electron chi connectivity index (χ2n) is 3.26. The molecule has 1 aromatic heterocycles. The minimum absolute atomic E-state index is 0.252. The van der Waals surface area contributed by atoms with Crippen LogP contribution in [0.1, 0.15) is 0 Å². The molecule has 0 atom stereocenters. The number of carbonyl (C=O) groups excluding carboxylic acids is 1. The number of hydrogen-bond acceptors (Lipinski definition) is 3. The van der Waals surface area contributed by atoms with Crippen LogP contribution in [0, 0.1) is 0 Å². The maximum atomic E-state index is 11.7. The van der Waals surface area contributed by atoms with E-state index in [1.807, 2.05) is 0 Å². The number of carbonyl (C=O) groups is 1. The predicted molar refractivity (Wildman–Crippen MR) is 66.9 cm³/mol. The van der Waals surface area contributed by atoms with Gasteiger partial charge in [0, 0.05) is 23.0 Å². The lowest BCUT2D eigenvalue weighted by atomic mass is 10.3. The summed E-state index contributed by atoms with van der Waals surface area (Å²) in [5, 5.41) is 6.34. The van der Waals surface area contributed by atoms with E-state index in [1.54, 1.807) is 6.07 Å². The molecule has 1 amide bonds. The molecule has 0 aliphatic carbocycles. The van der Waals surface area contributed by atoms with Crippen molar-refractivity contribution in [3.63, 3.8) is 0 Å². The molecule has 8 heteroatoms. The number of anilines is 1. The lowest BCUT2D eigenvalue weighted by Gasteiger charge is -2.06. The lowest BCUT2D eigenvalue weighted by molar-refractivity contribution is 0.253. The number of imidazole rings is 1. The fourth-order valence-electron chi connectivity index (χ4n) is 1.28. The number of hydrogen-bond donors (Lipinski definition) is 1. The summed E-state index contributed by atoms with van der Waals surface area (Å²) < 4.78 is 1.28. The first-order valence-corrected chi connectivity index (χ1v) is 5.22. The van der Waals surface area contributed by atoms with Crippen LogP contribution in [-0.2, 0) is 0 Å². The van der Waals surface area contributed by atoms with Crippen molar-refractivity contribution in [3.8, 4) is 0 Å². The molecular formula is C10H7ClN6O. The van der Waals surface area contributed by atoms with Gasteiger partial charge >= 0.3 is 6.03 Å². The van der Waals surface area contributed by atoms with Gasteiger partial charge in [-0.05, 0) is 23.7 Å². The van der Waals surface area contributed by atoms with Gasteiger partial charge in [-0.25, -0.2) is 9.78 Å². The van der Waals surface area contributed by atoms with Gasteiger partial charge in [0.05, 0.1) is 10.7 Å². The first-order valence-electron chi connectivity index (χ1n) is 4.84. The summed E-state index contributed by atoms with van der Waals surface area (Å²) in [6.45, 7) is 0. The average molecular weight is 263 g/mol. The molecule has 0 fully saturated rings. The molecular weight excluding hydrogens is 256 g/mol. The summed E-state index contributed by atoms with van der Waals surface area (Å²) in [5.41, 5.74) is 9.09. The Bertz CT molecular complexity index is 617. The van der Waals surface area contributed by atoms with Crippen LogP contribution >= 0.6 is 11.6 Å². The highest BCUT2D eigenvalue weighted by Gasteiger charge is 2.05. The zero-order chi connectivity index (χ0) is 13.0. The highest BCUT2D eigenvalue weighted by atomic mass is 35.5. The van der Waals surface area contributed by atoms with E-state index in [-0.39, 0.29) is 11.7 Å². The molecule has 0 aliphatic rings. The number of rotatable bonds is 2. The molecule has 1 N–H and O–H groups in total. The molecule has 1 aromatic carbocycles. The number of aromatic nitrogens is 2. The standard InChI is InChI=1S/C10H7ClN6O/c11-8-2-1-7(5-9(8)15-16-12)14-10(18)17-4-3-13-6-17/h1-6H,(H,14,18). The quantitative estimate of drug-likeness (QED) is 0.509. The number of nitrogens with zero attached hydrogens (tertiary/aromatic N) is 5. The monoisotopic (exact) mass is 262 g/mol. The van der Waals surface area contributed by atoms with Gasteiger partial charge in [-0.2, -0.15) is 0 Å². The van der Waals surface area contributed by atoms with Crippen molar-refractivity contribution in [1.82, 2.24) is 9.55 Å². The Hall–Kier alpha value is -2.50. The molecule has 0 saturated heterocycles. The minimum Gasteiger partial charge on any atom is -0.307 e. The molecule has 2 rings (SSSR count). The number of amides is 1. The molecule has 0 bridgehead atoms. The van der Waals surface area contributed by atoms with Crippen LogP contribution in [0.25, 0.3) is 10.4 Å². The minimum atomic E-state index is -0.373. The number of benzene rings is 1. The van der Waals surface area contributed by atoms with Gasteiger partial charge in [0.25, 0.3) is 0 Å². The maximum Gasteiger partial charge on any atom is 0.331 e. The van der Waals surface area contributed by atoms with Crippen LogP contribution in [-0.4, -0.2) is 15.6 Å². The second-order valence-corrected chi connectivity index (χ2v) is 3.66. The topological polar surface area (TPSA) is 95.7 Å². The van der Waals surface area contributed by atoms with Crippen molar-refractivity contribution in [1.29, 1.82) is 0 Å². The first-order chi connectivity index (χ1) is 8.70. The summed E-state index contributed by atoms with van der Waals surface area (Å²) in [7, 11) is 0. The van der Waals surface area contributed by atoms with Gasteiger partial charge in [0.2, 0.25) is 0 Å². The number of azide groups is 1. The van der Waals surface area contributed by atoms with Crippen molar-refractivity contribution in [3.05, 3.63) is 52.4 Å². The van der Waals surface area contributed by atoms with Crippen molar-refractivity contribution < 1.29 is 4.79 Å². The summed E-state index contributed by atoms with van der Waals surface area (Å²) >= 11 is 5.82. The van der Waals surface area contributed by atoms with Crippen molar-refractivity contribution in [2.24, 2.45) is 5.11 Å². The molecule has 0 spiro atoms. The van der Waals surface area contributed by atoms with Crippen molar-refractivity contribution in [2.75, 3.05) is 5.32 Å². The zero-order valence-corrected chi connectivity index (χ0v) is 9.74.